The first-order valence-electron chi connectivity index (χ1n) is 8.31. The number of benzene rings is 2. The zero-order valence-electron chi connectivity index (χ0n) is 14.6. The molecule has 2 heterocycles. The third-order valence-corrected chi connectivity index (χ3v) is 5.19. The molecular weight excluding hydrogens is 300 g/mol. The Morgan fingerprint density at radius 1 is 1.17 bits per heavy atom. The second kappa shape index (κ2) is 5.35. The third kappa shape index (κ3) is 2.06. The van der Waals surface area contributed by atoms with Gasteiger partial charge >= 0.3 is 0 Å². The molecule has 1 atom stereocenters. The summed E-state index contributed by atoms with van der Waals surface area (Å²) in [5, 5.41) is 0. The molecule has 0 spiro atoms. The lowest BCUT2D eigenvalue weighted by Gasteiger charge is -2.38. The third-order valence-electron chi connectivity index (χ3n) is 5.19. The molecule has 0 amide bonds. The van der Waals surface area contributed by atoms with Gasteiger partial charge in [0.25, 0.3) is 0 Å². The van der Waals surface area contributed by atoms with Gasteiger partial charge in [-0.25, -0.2) is 4.98 Å². The van der Waals surface area contributed by atoms with Gasteiger partial charge in [-0.05, 0) is 37.5 Å². The summed E-state index contributed by atoms with van der Waals surface area (Å²) in [5.74, 6) is 1.08. The topological polar surface area (TPSA) is 36.3 Å². The van der Waals surface area contributed by atoms with E-state index in [1.54, 1.807) is 7.11 Å². The van der Waals surface area contributed by atoms with Crippen molar-refractivity contribution in [2.75, 3.05) is 7.11 Å². The van der Waals surface area contributed by atoms with Crippen molar-refractivity contribution < 1.29 is 9.47 Å². The maximum absolute atomic E-state index is 6.52. The van der Waals surface area contributed by atoms with Crippen molar-refractivity contribution in [3.05, 3.63) is 58.9 Å². The molecule has 1 aliphatic heterocycles. The first-order valence-corrected chi connectivity index (χ1v) is 8.31. The standard InChI is InChI=1S/C20H22N2O2/c1-13-7-5-6-8-16(13)20(23-4)12-11-15-9-10-17-18(19(15)24-20)21-14(2)22(17)3/h5-10H,11-12H2,1-4H3. The van der Waals surface area contributed by atoms with Crippen LogP contribution in [-0.2, 0) is 24.0 Å². The summed E-state index contributed by atoms with van der Waals surface area (Å²) in [6, 6.07) is 12.5. The van der Waals surface area contributed by atoms with Crippen molar-refractivity contribution in [3.63, 3.8) is 0 Å². The van der Waals surface area contributed by atoms with Gasteiger partial charge in [-0.2, -0.15) is 0 Å². The Morgan fingerprint density at radius 2 is 1.96 bits per heavy atom. The van der Waals surface area contributed by atoms with E-state index >= 15 is 0 Å². The van der Waals surface area contributed by atoms with Gasteiger partial charge in [0.1, 0.15) is 11.3 Å². The van der Waals surface area contributed by atoms with Crippen LogP contribution in [0, 0.1) is 13.8 Å². The number of imidazole rings is 1. The molecule has 4 rings (SSSR count). The molecule has 124 valence electrons. The van der Waals surface area contributed by atoms with E-state index in [4.69, 9.17) is 14.5 Å². The SMILES string of the molecule is COC1(c2ccccc2C)CCc2ccc3c(nc(C)n3C)c2O1. The number of fused-ring (bicyclic) bond motifs is 3. The number of methoxy groups -OCH3 is 1. The van der Waals surface area contributed by atoms with E-state index in [1.165, 1.54) is 11.1 Å². The summed E-state index contributed by atoms with van der Waals surface area (Å²) >= 11 is 0. The molecule has 0 fully saturated rings. The molecule has 3 aromatic rings. The molecular formula is C20H22N2O2. The predicted molar refractivity (Wildman–Crippen MR) is 94.3 cm³/mol. The van der Waals surface area contributed by atoms with Crippen LogP contribution in [0.2, 0.25) is 0 Å². The first-order chi connectivity index (χ1) is 11.6. The van der Waals surface area contributed by atoms with Gasteiger partial charge in [0, 0.05) is 26.1 Å². The number of hydrogen-bond acceptors (Lipinski definition) is 3. The molecule has 1 unspecified atom stereocenters. The fourth-order valence-corrected chi connectivity index (χ4v) is 3.66. The van der Waals surface area contributed by atoms with Crippen LogP contribution in [0.15, 0.2) is 36.4 Å². The Bertz CT molecular complexity index is 929. The smallest absolute Gasteiger partial charge is 0.237 e. The summed E-state index contributed by atoms with van der Waals surface area (Å²) in [4.78, 5) is 4.72. The first kappa shape index (κ1) is 15.2. The van der Waals surface area contributed by atoms with Crippen molar-refractivity contribution in [2.45, 2.75) is 32.5 Å². The highest BCUT2D eigenvalue weighted by Crippen LogP contribution is 2.44. The number of aryl methyl sites for hydroxylation is 4. The molecule has 0 bridgehead atoms. The monoisotopic (exact) mass is 322 g/mol. The molecule has 0 N–H and O–H groups in total. The van der Waals surface area contributed by atoms with Crippen LogP contribution < -0.4 is 4.74 Å². The Morgan fingerprint density at radius 3 is 2.71 bits per heavy atom. The second-order valence-corrected chi connectivity index (χ2v) is 6.51. The van der Waals surface area contributed by atoms with Gasteiger partial charge in [-0.3, -0.25) is 0 Å². The van der Waals surface area contributed by atoms with Crippen molar-refractivity contribution in [2.24, 2.45) is 7.05 Å². The van der Waals surface area contributed by atoms with Crippen LogP contribution in [0.3, 0.4) is 0 Å². The number of nitrogens with zero attached hydrogens (tertiary/aromatic N) is 2. The minimum Gasteiger partial charge on any atom is -0.455 e. The molecule has 0 saturated heterocycles. The molecule has 2 aromatic carbocycles. The van der Waals surface area contributed by atoms with E-state index in [2.05, 4.69) is 35.8 Å². The molecule has 1 aliphatic rings. The number of ether oxygens (including phenoxy) is 2. The maximum atomic E-state index is 6.52. The van der Waals surface area contributed by atoms with E-state index in [-0.39, 0.29) is 0 Å². The summed E-state index contributed by atoms with van der Waals surface area (Å²) in [6.45, 7) is 4.11. The van der Waals surface area contributed by atoms with Gasteiger partial charge in [-0.15, -0.1) is 0 Å². The lowest BCUT2D eigenvalue weighted by Crippen LogP contribution is -2.39. The average Bonchev–Trinajstić information content (AvgIpc) is 2.90. The fraction of sp³-hybridized carbons (Fsp3) is 0.350. The molecule has 24 heavy (non-hydrogen) atoms. The molecule has 1 aromatic heterocycles. The molecule has 4 nitrogen and oxygen atoms in total. The highest BCUT2D eigenvalue weighted by Gasteiger charge is 2.40. The Labute approximate surface area is 142 Å². The van der Waals surface area contributed by atoms with Crippen LogP contribution in [0.25, 0.3) is 11.0 Å². The largest absolute Gasteiger partial charge is 0.455 e. The van der Waals surface area contributed by atoms with E-state index in [0.29, 0.717) is 0 Å². The fourth-order valence-electron chi connectivity index (χ4n) is 3.66. The highest BCUT2D eigenvalue weighted by atomic mass is 16.7. The summed E-state index contributed by atoms with van der Waals surface area (Å²) in [6.07, 6.45) is 1.70. The Kier molecular flexibility index (Phi) is 3.39. The van der Waals surface area contributed by atoms with Crippen molar-refractivity contribution in [1.29, 1.82) is 0 Å². The van der Waals surface area contributed by atoms with Gasteiger partial charge in [0.15, 0.2) is 5.75 Å². The van der Waals surface area contributed by atoms with Gasteiger partial charge in [0.2, 0.25) is 5.79 Å². The second-order valence-electron chi connectivity index (χ2n) is 6.51. The highest BCUT2D eigenvalue weighted by molar-refractivity contribution is 5.84. The van der Waals surface area contributed by atoms with E-state index in [9.17, 15) is 0 Å². The maximum Gasteiger partial charge on any atom is 0.237 e. The van der Waals surface area contributed by atoms with Crippen LogP contribution in [0.4, 0.5) is 0 Å². The summed E-state index contributed by atoms with van der Waals surface area (Å²) < 4.78 is 14.5. The van der Waals surface area contributed by atoms with Crippen LogP contribution in [0.1, 0.15) is 28.9 Å². The van der Waals surface area contributed by atoms with Gasteiger partial charge in [-0.1, -0.05) is 30.3 Å². The number of hydrogen-bond donors (Lipinski definition) is 0. The summed E-state index contributed by atoms with van der Waals surface area (Å²) in [5.41, 5.74) is 5.46. The van der Waals surface area contributed by atoms with Crippen molar-refractivity contribution in [3.8, 4) is 5.75 Å². The van der Waals surface area contributed by atoms with Crippen LogP contribution in [-0.4, -0.2) is 16.7 Å². The lowest BCUT2D eigenvalue weighted by molar-refractivity contribution is -0.183. The van der Waals surface area contributed by atoms with Crippen molar-refractivity contribution in [1.82, 2.24) is 9.55 Å². The quantitative estimate of drug-likeness (QED) is 0.715. The van der Waals surface area contributed by atoms with Crippen LogP contribution in [0.5, 0.6) is 5.75 Å². The lowest BCUT2D eigenvalue weighted by atomic mass is 9.91. The zero-order chi connectivity index (χ0) is 16.9. The Balaban J connectivity index is 1.90. The normalized spacial score (nSPS) is 20.0. The molecule has 0 saturated carbocycles. The predicted octanol–water partition coefficient (Wildman–Crippen LogP) is 4.01. The average molecular weight is 322 g/mol. The number of aromatic nitrogens is 2. The van der Waals surface area contributed by atoms with E-state index in [0.717, 1.165) is 41.0 Å². The van der Waals surface area contributed by atoms with Gasteiger partial charge < -0.3 is 14.0 Å². The van der Waals surface area contributed by atoms with E-state index < -0.39 is 5.79 Å². The van der Waals surface area contributed by atoms with Crippen molar-refractivity contribution >= 4 is 11.0 Å². The minimum absolute atomic E-state index is 0.752. The minimum atomic E-state index is -0.752. The van der Waals surface area contributed by atoms with E-state index in [1.807, 2.05) is 26.1 Å². The van der Waals surface area contributed by atoms with Crippen LogP contribution >= 0.6 is 0 Å². The molecule has 0 aliphatic carbocycles. The Hall–Kier alpha value is -2.33. The number of rotatable bonds is 2. The molecule has 4 heteroatoms. The zero-order valence-corrected chi connectivity index (χ0v) is 14.6. The summed E-state index contributed by atoms with van der Waals surface area (Å²) in [7, 11) is 3.76. The molecule has 0 radical (unpaired) electrons. The van der Waals surface area contributed by atoms with Gasteiger partial charge in [0.05, 0.1) is 5.52 Å².